The van der Waals surface area contributed by atoms with Gasteiger partial charge in [-0.2, -0.15) is 5.10 Å². The number of anilines is 1. The fraction of sp³-hybridized carbons (Fsp3) is 0.318. The fourth-order valence-electron chi connectivity index (χ4n) is 4.43. The van der Waals surface area contributed by atoms with Crippen LogP contribution in [0.2, 0.25) is 5.02 Å². The number of aromatic nitrogens is 3. The van der Waals surface area contributed by atoms with Gasteiger partial charge in [0.1, 0.15) is 5.54 Å². The number of halogens is 1. The Balaban J connectivity index is 1.43. The lowest BCUT2D eigenvalue weighted by molar-refractivity contribution is -0.124. The predicted molar refractivity (Wildman–Crippen MR) is 117 cm³/mol. The number of benzene rings is 1. The van der Waals surface area contributed by atoms with Gasteiger partial charge in [0.15, 0.2) is 0 Å². The predicted octanol–water partition coefficient (Wildman–Crippen LogP) is 2.82. The van der Waals surface area contributed by atoms with Crippen LogP contribution in [0, 0.1) is 0 Å². The third-order valence-electron chi connectivity index (χ3n) is 6.15. The molecule has 0 aliphatic carbocycles. The van der Waals surface area contributed by atoms with Gasteiger partial charge in [0.2, 0.25) is 5.91 Å². The van der Waals surface area contributed by atoms with E-state index in [2.05, 4.69) is 49.9 Å². The lowest BCUT2D eigenvalue weighted by Gasteiger charge is -2.39. The van der Waals surface area contributed by atoms with Crippen molar-refractivity contribution in [2.24, 2.45) is 7.05 Å². The van der Waals surface area contributed by atoms with E-state index in [1.807, 2.05) is 25.6 Å². The molecule has 1 spiro atoms. The highest BCUT2D eigenvalue weighted by Crippen LogP contribution is 2.39. The van der Waals surface area contributed by atoms with E-state index in [-0.39, 0.29) is 5.91 Å². The average Bonchev–Trinajstić information content (AvgIpc) is 3.35. The van der Waals surface area contributed by atoms with Crippen LogP contribution in [-0.4, -0.2) is 46.0 Å². The molecule has 5 rings (SSSR count). The summed E-state index contributed by atoms with van der Waals surface area (Å²) in [5.41, 5.74) is 4.79. The number of carbonyl (C=O) groups excluding carboxylic acids is 1. The monoisotopic (exact) mass is 422 g/mol. The first kappa shape index (κ1) is 19.1. The van der Waals surface area contributed by atoms with Crippen molar-refractivity contribution in [3.63, 3.8) is 0 Å². The molecule has 154 valence electrons. The topological polar surface area (TPSA) is 75.1 Å². The summed E-state index contributed by atoms with van der Waals surface area (Å²) in [7, 11) is 1.91. The molecule has 30 heavy (non-hydrogen) atoms. The van der Waals surface area contributed by atoms with Gasteiger partial charge in [-0.05, 0) is 24.0 Å². The molecule has 0 saturated carbocycles. The Labute approximate surface area is 180 Å². The Kier molecular flexibility index (Phi) is 4.72. The summed E-state index contributed by atoms with van der Waals surface area (Å²) in [5, 5.41) is 11.1. The number of aryl methyl sites for hydroxylation is 1. The molecule has 1 aromatic carbocycles. The molecule has 4 heterocycles. The molecular formula is C22H23ClN6O. The van der Waals surface area contributed by atoms with Crippen LogP contribution in [0.5, 0.6) is 0 Å². The number of rotatable bonds is 3. The smallest absolute Gasteiger partial charge is 0.241 e. The molecule has 2 N–H and O–H groups in total. The van der Waals surface area contributed by atoms with Crippen LogP contribution in [0.3, 0.4) is 0 Å². The summed E-state index contributed by atoms with van der Waals surface area (Å²) >= 11 is 6.61. The maximum atomic E-state index is 12.3. The summed E-state index contributed by atoms with van der Waals surface area (Å²) in [5.74, 6) is 0.106. The number of hydrogen-bond acceptors (Lipinski definition) is 5. The fourth-order valence-corrected chi connectivity index (χ4v) is 4.71. The largest absolute Gasteiger partial charge is 0.370 e. The van der Waals surface area contributed by atoms with Crippen molar-refractivity contribution in [3.05, 3.63) is 54.1 Å². The summed E-state index contributed by atoms with van der Waals surface area (Å²) in [6.45, 7) is 2.05. The van der Waals surface area contributed by atoms with Crippen molar-refractivity contribution in [2.45, 2.75) is 18.4 Å². The van der Waals surface area contributed by atoms with Crippen molar-refractivity contribution in [1.29, 1.82) is 0 Å². The van der Waals surface area contributed by atoms with Crippen LogP contribution >= 0.6 is 11.6 Å². The SMILES string of the molecule is Cn1cc(-c2ccc(-c3cncc(Cl)c3N3CCC4(CC3)NCNC4=O)cc2)cn1. The van der Waals surface area contributed by atoms with Crippen LogP contribution in [0.15, 0.2) is 49.1 Å². The third-order valence-corrected chi connectivity index (χ3v) is 6.43. The summed E-state index contributed by atoms with van der Waals surface area (Å²) in [6.07, 6.45) is 8.91. The summed E-state index contributed by atoms with van der Waals surface area (Å²) in [4.78, 5) is 18.9. The van der Waals surface area contributed by atoms with Crippen LogP contribution in [-0.2, 0) is 11.8 Å². The third kappa shape index (κ3) is 3.24. The first-order chi connectivity index (χ1) is 14.6. The van der Waals surface area contributed by atoms with E-state index in [0.717, 1.165) is 53.9 Å². The zero-order chi connectivity index (χ0) is 20.7. The molecule has 2 aliphatic heterocycles. The van der Waals surface area contributed by atoms with E-state index in [1.165, 1.54) is 0 Å². The van der Waals surface area contributed by atoms with Crippen molar-refractivity contribution in [2.75, 3.05) is 24.7 Å². The molecule has 0 radical (unpaired) electrons. The van der Waals surface area contributed by atoms with Crippen LogP contribution < -0.4 is 15.5 Å². The van der Waals surface area contributed by atoms with E-state index >= 15 is 0 Å². The van der Waals surface area contributed by atoms with Crippen molar-refractivity contribution in [1.82, 2.24) is 25.4 Å². The van der Waals surface area contributed by atoms with Gasteiger partial charge < -0.3 is 10.2 Å². The Morgan fingerprint density at radius 3 is 2.40 bits per heavy atom. The molecule has 7 nitrogen and oxygen atoms in total. The molecule has 0 unspecified atom stereocenters. The van der Waals surface area contributed by atoms with Crippen LogP contribution in [0.25, 0.3) is 22.3 Å². The van der Waals surface area contributed by atoms with E-state index in [1.54, 1.807) is 10.9 Å². The van der Waals surface area contributed by atoms with E-state index in [9.17, 15) is 4.79 Å². The Bertz CT molecular complexity index is 1090. The molecular weight excluding hydrogens is 400 g/mol. The Morgan fingerprint density at radius 2 is 1.77 bits per heavy atom. The lowest BCUT2D eigenvalue weighted by atomic mass is 9.87. The number of pyridine rings is 1. The molecule has 3 aromatic rings. The van der Waals surface area contributed by atoms with E-state index in [0.29, 0.717) is 11.7 Å². The van der Waals surface area contributed by atoms with Crippen LogP contribution in [0.1, 0.15) is 12.8 Å². The maximum Gasteiger partial charge on any atom is 0.241 e. The minimum absolute atomic E-state index is 0.106. The summed E-state index contributed by atoms with van der Waals surface area (Å²) in [6, 6.07) is 8.37. The highest BCUT2D eigenvalue weighted by molar-refractivity contribution is 6.33. The molecule has 2 aliphatic rings. The molecule has 2 aromatic heterocycles. The van der Waals surface area contributed by atoms with Gasteiger partial charge in [-0.1, -0.05) is 35.9 Å². The molecule has 1 amide bonds. The molecule has 0 bridgehead atoms. The lowest BCUT2D eigenvalue weighted by Crippen LogP contribution is -2.54. The summed E-state index contributed by atoms with van der Waals surface area (Å²) < 4.78 is 1.80. The zero-order valence-corrected chi connectivity index (χ0v) is 17.5. The second-order valence-corrected chi connectivity index (χ2v) is 8.33. The zero-order valence-electron chi connectivity index (χ0n) is 16.7. The minimum atomic E-state index is -0.443. The Hall–Kier alpha value is -2.90. The first-order valence-corrected chi connectivity index (χ1v) is 10.4. The van der Waals surface area contributed by atoms with Gasteiger partial charge in [-0.25, -0.2) is 0 Å². The minimum Gasteiger partial charge on any atom is -0.370 e. The number of nitrogens with zero attached hydrogens (tertiary/aromatic N) is 4. The molecule has 8 heteroatoms. The number of carbonyl (C=O) groups is 1. The number of nitrogens with one attached hydrogen (secondary N) is 2. The van der Waals surface area contributed by atoms with Crippen molar-refractivity contribution in [3.8, 4) is 22.3 Å². The van der Waals surface area contributed by atoms with E-state index < -0.39 is 5.54 Å². The van der Waals surface area contributed by atoms with Gasteiger partial charge in [-0.15, -0.1) is 0 Å². The molecule has 2 saturated heterocycles. The Morgan fingerprint density at radius 1 is 1.03 bits per heavy atom. The number of piperidine rings is 1. The van der Waals surface area contributed by atoms with Crippen LogP contribution in [0.4, 0.5) is 5.69 Å². The van der Waals surface area contributed by atoms with Crippen molar-refractivity contribution < 1.29 is 4.79 Å². The van der Waals surface area contributed by atoms with Gasteiger partial charge in [0, 0.05) is 49.9 Å². The normalized spacial score (nSPS) is 18.1. The van der Waals surface area contributed by atoms with Gasteiger partial charge in [0.05, 0.1) is 23.6 Å². The van der Waals surface area contributed by atoms with E-state index in [4.69, 9.17) is 11.6 Å². The number of amides is 1. The van der Waals surface area contributed by atoms with Gasteiger partial charge in [-0.3, -0.25) is 19.8 Å². The van der Waals surface area contributed by atoms with Gasteiger partial charge >= 0.3 is 0 Å². The highest BCUT2D eigenvalue weighted by atomic mass is 35.5. The van der Waals surface area contributed by atoms with Crippen molar-refractivity contribution >= 4 is 23.2 Å². The molecule has 0 atom stereocenters. The second kappa shape index (κ2) is 7.41. The maximum absolute atomic E-state index is 12.3. The quantitative estimate of drug-likeness (QED) is 0.678. The first-order valence-electron chi connectivity index (χ1n) is 10.1. The number of hydrogen-bond donors (Lipinski definition) is 2. The second-order valence-electron chi connectivity index (χ2n) is 7.93. The van der Waals surface area contributed by atoms with Gasteiger partial charge in [0.25, 0.3) is 0 Å². The standard InChI is InChI=1S/C22H23ClN6O/c1-28-13-17(10-27-28)15-2-4-16(5-3-15)18-11-24-12-19(23)20(18)29-8-6-22(7-9-29)21(30)25-14-26-22/h2-5,10-13,26H,6-9,14H2,1H3,(H,25,30). The highest BCUT2D eigenvalue weighted by Gasteiger charge is 2.44. The average molecular weight is 423 g/mol. The molecule has 2 fully saturated rings.